The van der Waals surface area contributed by atoms with E-state index in [4.69, 9.17) is 11.6 Å². The first kappa shape index (κ1) is 18.4. The molecule has 1 aromatic heterocycles. The molecule has 6 heteroatoms. The second kappa shape index (κ2) is 7.98. The fraction of sp³-hybridized carbons (Fsp3) is 0.227. The molecule has 3 aromatic rings. The molecule has 5 nitrogen and oxygen atoms in total. The molecule has 0 atom stereocenters. The van der Waals surface area contributed by atoms with Crippen LogP contribution in [0.4, 0.5) is 0 Å². The zero-order valence-electron chi connectivity index (χ0n) is 15.3. The minimum Gasteiger partial charge on any atom is -0.337 e. The van der Waals surface area contributed by atoms with Gasteiger partial charge in [0.05, 0.1) is 5.69 Å². The van der Waals surface area contributed by atoms with Crippen LogP contribution in [0.3, 0.4) is 0 Å². The summed E-state index contributed by atoms with van der Waals surface area (Å²) in [5.41, 5.74) is 2.80. The van der Waals surface area contributed by atoms with Gasteiger partial charge in [0, 0.05) is 35.2 Å². The molecular weight excluding hydrogens is 374 g/mol. The van der Waals surface area contributed by atoms with Crippen molar-refractivity contribution in [2.75, 3.05) is 13.1 Å². The first-order valence-electron chi connectivity index (χ1n) is 9.32. The van der Waals surface area contributed by atoms with Crippen molar-refractivity contribution in [2.24, 2.45) is 5.92 Å². The SMILES string of the molecule is O=C(c1ccccc1)C1CCN(C(=O)c2cc(-c3ccc(Cl)cc3)n[nH]2)CC1. The Hall–Kier alpha value is -2.92. The Morgan fingerprint density at radius 3 is 2.36 bits per heavy atom. The van der Waals surface area contributed by atoms with Gasteiger partial charge in [0.1, 0.15) is 5.69 Å². The van der Waals surface area contributed by atoms with E-state index in [-0.39, 0.29) is 17.6 Å². The van der Waals surface area contributed by atoms with E-state index in [1.807, 2.05) is 42.5 Å². The van der Waals surface area contributed by atoms with E-state index in [2.05, 4.69) is 10.2 Å². The van der Waals surface area contributed by atoms with Crippen LogP contribution in [-0.2, 0) is 0 Å². The number of ketones is 1. The smallest absolute Gasteiger partial charge is 0.271 e. The molecular formula is C22H20ClN3O2. The van der Waals surface area contributed by atoms with Crippen LogP contribution in [0.15, 0.2) is 60.7 Å². The monoisotopic (exact) mass is 393 g/mol. The summed E-state index contributed by atoms with van der Waals surface area (Å²) in [5, 5.41) is 7.74. The number of likely N-dealkylation sites (tertiary alicyclic amines) is 1. The fourth-order valence-corrected chi connectivity index (χ4v) is 3.68. The molecule has 1 aliphatic rings. The van der Waals surface area contributed by atoms with Crippen molar-refractivity contribution in [1.29, 1.82) is 0 Å². The number of rotatable bonds is 4. The Balaban J connectivity index is 1.39. The van der Waals surface area contributed by atoms with Crippen LogP contribution in [0.5, 0.6) is 0 Å². The number of carbonyl (C=O) groups is 2. The Morgan fingerprint density at radius 1 is 1.00 bits per heavy atom. The lowest BCUT2D eigenvalue weighted by atomic mass is 9.89. The molecule has 1 aliphatic heterocycles. The molecule has 0 saturated carbocycles. The van der Waals surface area contributed by atoms with E-state index in [0.717, 1.165) is 11.1 Å². The number of aromatic amines is 1. The van der Waals surface area contributed by atoms with Crippen LogP contribution in [-0.4, -0.2) is 39.9 Å². The predicted octanol–water partition coefficient (Wildman–Crippen LogP) is 4.47. The standard InChI is InChI=1S/C22H20ClN3O2/c23-18-8-6-15(7-9-18)19-14-20(25-24-19)22(28)26-12-10-17(11-13-26)21(27)16-4-2-1-3-5-16/h1-9,14,17H,10-13H2,(H,24,25). The van der Waals surface area contributed by atoms with E-state index in [0.29, 0.717) is 42.3 Å². The summed E-state index contributed by atoms with van der Waals surface area (Å²) in [7, 11) is 0. The van der Waals surface area contributed by atoms with E-state index >= 15 is 0 Å². The van der Waals surface area contributed by atoms with Gasteiger partial charge in [-0.3, -0.25) is 14.7 Å². The molecule has 1 saturated heterocycles. The van der Waals surface area contributed by atoms with Gasteiger partial charge in [-0.25, -0.2) is 0 Å². The molecule has 0 aliphatic carbocycles. The third kappa shape index (κ3) is 3.85. The zero-order chi connectivity index (χ0) is 19.5. The molecule has 0 radical (unpaired) electrons. The van der Waals surface area contributed by atoms with Crippen molar-refractivity contribution < 1.29 is 9.59 Å². The van der Waals surface area contributed by atoms with Gasteiger partial charge in [0.15, 0.2) is 5.78 Å². The van der Waals surface area contributed by atoms with Gasteiger partial charge in [-0.1, -0.05) is 54.1 Å². The van der Waals surface area contributed by atoms with E-state index in [1.165, 1.54) is 0 Å². The topological polar surface area (TPSA) is 66.1 Å². The third-order valence-electron chi connectivity index (χ3n) is 5.16. The summed E-state index contributed by atoms with van der Waals surface area (Å²) >= 11 is 5.92. The summed E-state index contributed by atoms with van der Waals surface area (Å²) < 4.78 is 0. The highest BCUT2D eigenvalue weighted by molar-refractivity contribution is 6.30. The molecule has 142 valence electrons. The minimum absolute atomic E-state index is 0.0298. The second-order valence-electron chi connectivity index (χ2n) is 6.97. The Labute approximate surface area is 168 Å². The van der Waals surface area contributed by atoms with Crippen molar-refractivity contribution in [2.45, 2.75) is 12.8 Å². The molecule has 1 fully saturated rings. The average molecular weight is 394 g/mol. The number of halogens is 1. The summed E-state index contributed by atoms with van der Waals surface area (Å²) in [6, 6.07) is 18.4. The van der Waals surface area contributed by atoms with E-state index in [9.17, 15) is 9.59 Å². The Bertz CT molecular complexity index is 975. The maximum Gasteiger partial charge on any atom is 0.271 e. The van der Waals surface area contributed by atoms with E-state index < -0.39 is 0 Å². The van der Waals surface area contributed by atoms with Crippen LogP contribution in [0, 0.1) is 5.92 Å². The summed E-state index contributed by atoms with van der Waals surface area (Å²) in [4.78, 5) is 27.2. The number of Topliss-reactive ketones (excluding diaryl/α,β-unsaturated/α-hetero) is 1. The largest absolute Gasteiger partial charge is 0.337 e. The van der Waals surface area contributed by atoms with Crippen molar-refractivity contribution >= 4 is 23.3 Å². The quantitative estimate of drug-likeness (QED) is 0.665. The normalized spacial score (nSPS) is 14.8. The van der Waals surface area contributed by atoms with Crippen molar-refractivity contribution in [1.82, 2.24) is 15.1 Å². The number of aromatic nitrogens is 2. The van der Waals surface area contributed by atoms with Crippen LogP contribution < -0.4 is 0 Å². The number of hydrogen-bond acceptors (Lipinski definition) is 3. The van der Waals surface area contributed by atoms with Gasteiger partial charge in [0.2, 0.25) is 0 Å². The maximum atomic E-state index is 12.8. The van der Waals surface area contributed by atoms with Crippen LogP contribution in [0.1, 0.15) is 33.7 Å². The van der Waals surface area contributed by atoms with E-state index in [1.54, 1.807) is 23.1 Å². The zero-order valence-corrected chi connectivity index (χ0v) is 16.0. The van der Waals surface area contributed by atoms with Gasteiger partial charge in [-0.15, -0.1) is 0 Å². The highest BCUT2D eigenvalue weighted by Gasteiger charge is 2.29. The highest BCUT2D eigenvalue weighted by Crippen LogP contribution is 2.24. The lowest BCUT2D eigenvalue weighted by molar-refractivity contribution is 0.0645. The van der Waals surface area contributed by atoms with Crippen LogP contribution in [0.2, 0.25) is 5.02 Å². The number of hydrogen-bond donors (Lipinski definition) is 1. The molecule has 4 rings (SSSR count). The first-order valence-corrected chi connectivity index (χ1v) is 9.69. The van der Waals surface area contributed by atoms with Gasteiger partial charge in [0.25, 0.3) is 5.91 Å². The fourth-order valence-electron chi connectivity index (χ4n) is 3.55. The highest BCUT2D eigenvalue weighted by atomic mass is 35.5. The summed E-state index contributed by atoms with van der Waals surface area (Å²) in [6.45, 7) is 1.13. The van der Waals surface area contributed by atoms with Crippen molar-refractivity contribution in [3.05, 3.63) is 76.9 Å². The number of nitrogens with one attached hydrogen (secondary N) is 1. The summed E-state index contributed by atoms with van der Waals surface area (Å²) in [6.07, 6.45) is 1.36. The van der Waals surface area contributed by atoms with Crippen molar-refractivity contribution in [3.63, 3.8) is 0 Å². The number of benzene rings is 2. The number of carbonyl (C=O) groups excluding carboxylic acids is 2. The van der Waals surface area contributed by atoms with Gasteiger partial charge in [-0.05, 0) is 31.0 Å². The van der Waals surface area contributed by atoms with Gasteiger partial charge < -0.3 is 4.90 Å². The lowest BCUT2D eigenvalue weighted by Gasteiger charge is -2.31. The Morgan fingerprint density at radius 2 is 1.68 bits per heavy atom. The number of H-pyrrole nitrogens is 1. The number of amides is 1. The molecule has 2 heterocycles. The number of piperidine rings is 1. The Kier molecular flexibility index (Phi) is 5.26. The molecule has 0 bridgehead atoms. The molecule has 0 spiro atoms. The van der Waals surface area contributed by atoms with Gasteiger partial charge >= 0.3 is 0 Å². The molecule has 28 heavy (non-hydrogen) atoms. The first-order chi connectivity index (χ1) is 13.6. The minimum atomic E-state index is -0.0849. The van der Waals surface area contributed by atoms with Crippen molar-refractivity contribution in [3.8, 4) is 11.3 Å². The maximum absolute atomic E-state index is 12.8. The molecule has 1 N–H and O–H groups in total. The molecule has 1 amide bonds. The summed E-state index contributed by atoms with van der Waals surface area (Å²) in [5.74, 6) is 0.0513. The van der Waals surface area contributed by atoms with Crippen LogP contribution >= 0.6 is 11.6 Å². The predicted molar refractivity (Wildman–Crippen MR) is 108 cm³/mol. The average Bonchev–Trinajstić information content (AvgIpc) is 3.24. The lowest BCUT2D eigenvalue weighted by Crippen LogP contribution is -2.40. The molecule has 2 aromatic carbocycles. The second-order valence-corrected chi connectivity index (χ2v) is 7.41. The van der Waals surface area contributed by atoms with Gasteiger partial charge in [-0.2, -0.15) is 5.10 Å². The van der Waals surface area contributed by atoms with Crippen LogP contribution in [0.25, 0.3) is 11.3 Å². The number of nitrogens with zero attached hydrogens (tertiary/aromatic N) is 2. The third-order valence-corrected chi connectivity index (χ3v) is 5.41. The molecule has 0 unspecified atom stereocenters.